The van der Waals surface area contributed by atoms with Gasteiger partial charge in [-0.25, -0.2) is 4.79 Å². The Morgan fingerprint density at radius 1 is 1.20 bits per heavy atom. The molecule has 2 fully saturated rings. The Labute approximate surface area is 152 Å². The van der Waals surface area contributed by atoms with E-state index >= 15 is 0 Å². The van der Waals surface area contributed by atoms with Crippen LogP contribution in [0.25, 0.3) is 11.0 Å². The normalized spacial score (nSPS) is 26.2. The second-order valence-corrected chi connectivity index (χ2v) is 8.39. The maximum Gasteiger partial charge on any atom is 0.410 e. The number of fused-ring (bicyclic) bond motifs is 3. The van der Waals surface area contributed by atoms with Crippen molar-refractivity contribution in [1.29, 1.82) is 0 Å². The van der Waals surface area contributed by atoms with E-state index in [9.17, 15) is 4.79 Å². The van der Waals surface area contributed by atoms with Crippen LogP contribution >= 0.6 is 11.6 Å². The van der Waals surface area contributed by atoms with Gasteiger partial charge in [0.25, 0.3) is 0 Å². The van der Waals surface area contributed by atoms with Crippen molar-refractivity contribution in [3.05, 3.63) is 23.5 Å². The highest BCUT2D eigenvalue weighted by Gasteiger charge is 2.47. The third kappa shape index (κ3) is 2.97. The Morgan fingerprint density at radius 2 is 1.92 bits per heavy atom. The molecule has 2 saturated heterocycles. The van der Waals surface area contributed by atoms with Crippen LogP contribution in [0.4, 0.5) is 4.79 Å². The number of piperidine rings is 1. The zero-order chi connectivity index (χ0) is 17.8. The summed E-state index contributed by atoms with van der Waals surface area (Å²) in [5, 5.41) is 9.63. The minimum atomic E-state index is -0.480. The van der Waals surface area contributed by atoms with Crippen LogP contribution in [0, 0.1) is 0 Å². The molecule has 0 aliphatic carbocycles. The molecule has 2 aliphatic rings. The molecule has 0 aromatic carbocycles. The van der Waals surface area contributed by atoms with Crippen LogP contribution in [0.5, 0.6) is 0 Å². The molecule has 3 atom stereocenters. The number of rotatable bonds is 1. The topological polar surface area (TPSA) is 60.2 Å². The van der Waals surface area contributed by atoms with E-state index in [-0.39, 0.29) is 18.2 Å². The molecule has 1 amide bonds. The van der Waals surface area contributed by atoms with E-state index in [1.165, 1.54) is 0 Å². The Morgan fingerprint density at radius 3 is 2.64 bits per heavy atom. The first kappa shape index (κ1) is 16.6. The quantitative estimate of drug-likeness (QED) is 0.763. The average molecular weight is 363 g/mol. The predicted molar refractivity (Wildman–Crippen MR) is 95.7 cm³/mol. The van der Waals surface area contributed by atoms with Crippen molar-refractivity contribution < 1.29 is 9.53 Å². The monoisotopic (exact) mass is 362 g/mol. The third-order valence-corrected chi connectivity index (χ3v) is 5.36. The SMILES string of the molecule is CC(C)(C)OC(=O)N1[C@@H]2CC[C@H]1[C@@H](n1ccc3cc(Cl)nnc31)CC2. The number of halogens is 1. The second-order valence-electron chi connectivity index (χ2n) is 8.00. The largest absolute Gasteiger partial charge is 0.444 e. The summed E-state index contributed by atoms with van der Waals surface area (Å²) in [7, 11) is 0. The van der Waals surface area contributed by atoms with Gasteiger partial charge in [0.1, 0.15) is 5.60 Å². The number of carbonyl (C=O) groups is 1. The van der Waals surface area contributed by atoms with E-state index in [2.05, 4.69) is 14.8 Å². The maximum absolute atomic E-state index is 12.7. The number of hydrogen-bond acceptors (Lipinski definition) is 4. The van der Waals surface area contributed by atoms with Crippen molar-refractivity contribution in [2.45, 2.75) is 70.2 Å². The van der Waals surface area contributed by atoms with Crippen molar-refractivity contribution in [2.24, 2.45) is 0 Å². The van der Waals surface area contributed by atoms with Gasteiger partial charge in [0.15, 0.2) is 10.8 Å². The van der Waals surface area contributed by atoms with Crippen LogP contribution in [0.3, 0.4) is 0 Å². The van der Waals surface area contributed by atoms with Crippen LogP contribution in [0.15, 0.2) is 18.3 Å². The Bertz CT molecular complexity index is 813. The number of nitrogens with zero attached hydrogens (tertiary/aromatic N) is 4. The van der Waals surface area contributed by atoms with E-state index in [4.69, 9.17) is 16.3 Å². The fraction of sp³-hybridized carbons (Fsp3) is 0.611. The highest BCUT2D eigenvalue weighted by molar-refractivity contribution is 6.29. The van der Waals surface area contributed by atoms with Gasteiger partial charge in [-0.1, -0.05) is 11.6 Å². The number of ether oxygens (including phenoxy) is 1. The van der Waals surface area contributed by atoms with Gasteiger partial charge in [-0.2, -0.15) is 0 Å². The molecular formula is C18H23ClN4O2. The van der Waals surface area contributed by atoms with Crippen LogP contribution in [0.2, 0.25) is 5.15 Å². The highest BCUT2D eigenvalue weighted by Crippen LogP contribution is 2.43. The summed E-state index contributed by atoms with van der Waals surface area (Å²) in [5.74, 6) is 0. The Balaban J connectivity index is 1.65. The van der Waals surface area contributed by atoms with Gasteiger partial charge >= 0.3 is 6.09 Å². The maximum atomic E-state index is 12.7. The van der Waals surface area contributed by atoms with Gasteiger partial charge in [-0.15, -0.1) is 10.2 Å². The lowest BCUT2D eigenvalue weighted by Gasteiger charge is -2.41. The van der Waals surface area contributed by atoms with Gasteiger partial charge in [-0.05, 0) is 58.6 Å². The van der Waals surface area contributed by atoms with Gasteiger partial charge in [0, 0.05) is 17.6 Å². The summed E-state index contributed by atoms with van der Waals surface area (Å²) in [4.78, 5) is 14.7. The van der Waals surface area contributed by atoms with E-state index in [1.807, 2.05) is 44.0 Å². The van der Waals surface area contributed by atoms with Crippen LogP contribution < -0.4 is 0 Å². The molecule has 25 heavy (non-hydrogen) atoms. The molecule has 0 N–H and O–H groups in total. The van der Waals surface area contributed by atoms with Gasteiger partial charge < -0.3 is 14.2 Å². The predicted octanol–water partition coefficient (Wildman–Crippen LogP) is 4.19. The molecule has 2 bridgehead atoms. The summed E-state index contributed by atoms with van der Waals surface area (Å²) in [6.45, 7) is 5.73. The minimum absolute atomic E-state index is 0.140. The van der Waals surface area contributed by atoms with Crippen LogP contribution in [-0.2, 0) is 4.74 Å². The molecule has 2 aliphatic heterocycles. The van der Waals surface area contributed by atoms with Gasteiger partial charge in [0.2, 0.25) is 0 Å². The Kier molecular flexibility index (Phi) is 3.90. The average Bonchev–Trinajstić information content (AvgIpc) is 3.06. The summed E-state index contributed by atoms with van der Waals surface area (Å²) >= 11 is 5.95. The molecule has 134 valence electrons. The fourth-order valence-electron chi connectivity index (χ4n) is 4.25. The molecule has 0 radical (unpaired) electrons. The molecule has 7 heteroatoms. The lowest BCUT2D eigenvalue weighted by atomic mass is 9.97. The zero-order valence-electron chi connectivity index (χ0n) is 14.8. The molecule has 0 spiro atoms. The molecule has 2 aromatic rings. The van der Waals surface area contributed by atoms with Crippen molar-refractivity contribution in [3.8, 4) is 0 Å². The molecule has 4 rings (SSSR count). The van der Waals surface area contributed by atoms with E-state index in [1.54, 1.807) is 0 Å². The van der Waals surface area contributed by atoms with Crippen LogP contribution in [0.1, 0.15) is 52.5 Å². The van der Waals surface area contributed by atoms with E-state index in [0.29, 0.717) is 11.2 Å². The van der Waals surface area contributed by atoms with Crippen molar-refractivity contribution >= 4 is 28.7 Å². The standard InChI is InChI=1S/C18H23ClN4O2/c1-18(2,3)25-17(24)23-12-4-6-13(14(23)7-5-12)22-9-8-11-10-15(19)20-21-16(11)22/h8-10,12-14H,4-7H2,1-3H3/t12-,13-,14-/m0/s1. The first-order valence-corrected chi connectivity index (χ1v) is 9.22. The molecule has 2 aromatic heterocycles. The zero-order valence-corrected chi connectivity index (χ0v) is 15.5. The first-order valence-electron chi connectivity index (χ1n) is 8.84. The summed E-state index contributed by atoms with van der Waals surface area (Å²) in [5.41, 5.74) is 0.343. The lowest BCUT2D eigenvalue weighted by Crippen LogP contribution is -2.50. The van der Waals surface area contributed by atoms with Gasteiger partial charge in [-0.3, -0.25) is 0 Å². The molecule has 4 heterocycles. The van der Waals surface area contributed by atoms with Gasteiger partial charge in [0.05, 0.1) is 12.1 Å². The van der Waals surface area contributed by atoms with Crippen molar-refractivity contribution in [1.82, 2.24) is 19.7 Å². The molecular weight excluding hydrogens is 340 g/mol. The fourth-order valence-corrected chi connectivity index (χ4v) is 4.40. The van der Waals surface area contributed by atoms with Crippen LogP contribution in [-0.4, -0.2) is 43.4 Å². The molecule has 6 nitrogen and oxygen atoms in total. The number of carbonyl (C=O) groups excluding carboxylic acids is 1. The molecule has 0 saturated carbocycles. The van der Waals surface area contributed by atoms with E-state index in [0.717, 1.165) is 36.7 Å². The summed E-state index contributed by atoms with van der Waals surface area (Å²) in [6.07, 6.45) is 5.89. The van der Waals surface area contributed by atoms with Crippen molar-refractivity contribution in [3.63, 3.8) is 0 Å². The smallest absolute Gasteiger partial charge is 0.410 e. The second kappa shape index (κ2) is 5.87. The number of amides is 1. The first-order chi connectivity index (χ1) is 11.8. The third-order valence-electron chi connectivity index (χ3n) is 5.18. The molecule has 0 unspecified atom stereocenters. The number of hydrogen-bond donors (Lipinski definition) is 0. The lowest BCUT2D eigenvalue weighted by molar-refractivity contribution is 0.000254. The summed E-state index contributed by atoms with van der Waals surface area (Å²) < 4.78 is 7.81. The Hall–Kier alpha value is -1.82. The minimum Gasteiger partial charge on any atom is -0.444 e. The van der Waals surface area contributed by atoms with E-state index < -0.39 is 5.60 Å². The highest BCUT2D eigenvalue weighted by atomic mass is 35.5. The summed E-state index contributed by atoms with van der Waals surface area (Å²) in [6, 6.07) is 4.46. The number of aromatic nitrogens is 3. The van der Waals surface area contributed by atoms with Crippen molar-refractivity contribution in [2.75, 3.05) is 0 Å².